The van der Waals surface area contributed by atoms with Crippen molar-refractivity contribution in [3.63, 3.8) is 0 Å². The summed E-state index contributed by atoms with van der Waals surface area (Å²) in [6.07, 6.45) is 3.72. The summed E-state index contributed by atoms with van der Waals surface area (Å²) in [5.41, 5.74) is 2.05. The molecule has 1 aromatic carbocycles. The van der Waals surface area contributed by atoms with Crippen LogP contribution in [0, 0.1) is 6.92 Å². The van der Waals surface area contributed by atoms with Crippen LogP contribution in [-0.4, -0.2) is 43.4 Å². The van der Waals surface area contributed by atoms with Gasteiger partial charge in [0.25, 0.3) is 11.9 Å². The minimum absolute atomic E-state index is 0.157. The van der Waals surface area contributed by atoms with Crippen molar-refractivity contribution in [1.82, 2.24) is 25.1 Å². The molecule has 0 bridgehead atoms. The number of aliphatic hydroxyl groups excluding tert-OH is 1. The summed E-state index contributed by atoms with van der Waals surface area (Å²) in [4.78, 5) is 20.9. The van der Waals surface area contributed by atoms with Gasteiger partial charge in [-0.3, -0.25) is 4.79 Å². The van der Waals surface area contributed by atoms with Crippen molar-refractivity contribution in [3.8, 4) is 5.95 Å². The molecule has 0 fully saturated rings. The number of aryl methyl sites for hydroxylation is 1. The number of nitrogens with one attached hydrogen (secondary N) is 1. The predicted octanol–water partition coefficient (Wildman–Crippen LogP) is 1.30. The second-order valence-corrected chi connectivity index (χ2v) is 5.67. The molecular formula is C18H19N5O2. The van der Waals surface area contributed by atoms with Gasteiger partial charge >= 0.3 is 0 Å². The van der Waals surface area contributed by atoms with Crippen molar-refractivity contribution in [2.45, 2.75) is 19.4 Å². The molecule has 0 aliphatic rings. The first-order valence-electron chi connectivity index (χ1n) is 7.97. The number of nitrogens with zero attached hydrogens (tertiary/aromatic N) is 4. The average molecular weight is 337 g/mol. The third-order valence-electron chi connectivity index (χ3n) is 3.69. The molecule has 7 heteroatoms. The Bertz CT molecular complexity index is 833. The molecule has 0 unspecified atom stereocenters. The van der Waals surface area contributed by atoms with Crippen LogP contribution < -0.4 is 5.32 Å². The third kappa shape index (κ3) is 4.07. The summed E-state index contributed by atoms with van der Waals surface area (Å²) in [6.45, 7) is 1.64. The van der Waals surface area contributed by atoms with Gasteiger partial charge in [-0.1, -0.05) is 30.3 Å². The minimum atomic E-state index is -0.393. The zero-order valence-electron chi connectivity index (χ0n) is 13.8. The topological polar surface area (TPSA) is 92.9 Å². The highest BCUT2D eigenvalue weighted by Crippen LogP contribution is 2.10. The van der Waals surface area contributed by atoms with E-state index in [4.69, 9.17) is 0 Å². The summed E-state index contributed by atoms with van der Waals surface area (Å²) < 4.78 is 1.40. The van der Waals surface area contributed by atoms with Crippen LogP contribution in [0.3, 0.4) is 0 Å². The fraction of sp³-hybridized carbons (Fsp3) is 0.222. The molecule has 2 heterocycles. The van der Waals surface area contributed by atoms with Gasteiger partial charge in [-0.15, -0.1) is 0 Å². The van der Waals surface area contributed by atoms with E-state index in [2.05, 4.69) is 20.4 Å². The second kappa shape index (κ2) is 7.67. The van der Waals surface area contributed by atoms with Crippen molar-refractivity contribution in [1.29, 1.82) is 0 Å². The molecule has 2 N–H and O–H groups in total. The lowest BCUT2D eigenvalue weighted by molar-refractivity contribution is 0.0908. The number of aliphatic hydroxyl groups is 1. The van der Waals surface area contributed by atoms with Gasteiger partial charge in [-0.25, -0.2) is 9.97 Å². The van der Waals surface area contributed by atoms with Crippen LogP contribution in [0.1, 0.15) is 21.7 Å². The van der Waals surface area contributed by atoms with E-state index < -0.39 is 6.04 Å². The van der Waals surface area contributed by atoms with Gasteiger partial charge < -0.3 is 10.4 Å². The number of carbonyl (C=O) groups is 1. The minimum Gasteiger partial charge on any atom is -0.394 e. The second-order valence-electron chi connectivity index (χ2n) is 5.67. The fourth-order valence-corrected chi connectivity index (χ4v) is 2.53. The van der Waals surface area contributed by atoms with E-state index in [0.29, 0.717) is 23.8 Å². The van der Waals surface area contributed by atoms with Gasteiger partial charge in [0.2, 0.25) is 0 Å². The Morgan fingerprint density at radius 2 is 1.92 bits per heavy atom. The Kier molecular flexibility index (Phi) is 5.15. The monoisotopic (exact) mass is 337 g/mol. The fourth-order valence-electron chi connectivity index (χ4n) is 2.53. The normalized spacial score (nSPS) is 11.9. The van der Waals surface area contributed by atoms with Gasteiger partial charge in [0.1, 0.15) is 5.69 Å². The quantitative estimate of drug-likeness (QED) is 0.707. The third-order valence-corrected chi connectivity index (χ3v) is 3.69. The number of aromatic nitrogens is 4. The maximum Gasteiger partial charge on any atom is 0.270 e. The van der Waals surface area contributed by atoms with Crippen molar-refractivity contribution >= 4 is 5.91 Å². The van der Waals surface area contributed by atoms with Crippen molar-refractivity contribution in [3.05, 3.63) is 71.8 Å². The first kappa shape index (κ1) is 16.8. The van der Waals surface area contributed by atoms with E-state index in [9.17, 15) is 9.90 Å². The Hall–Kier alpha value is -3.06. The summed E-state index contributed by atoms with van der Waals surface area (Å²) >= 11 is 0. The highest BCUT2D eigenvalue weighted by Gasteiger charge is 2.20. The number of hydrogen-bond acceptors (Lipinski definition) is 5. The lowest BCUT2D eigenvalue weighted by Gasteiger charge is -2.16. The Morgan fingerprint density at radius 3 is 2.60 bits per heavy atom. The summed E-state index contributed by atoms with van der Waals surface area (Å²) in [5, 5.41) is 16.7. The van der Waals surface area contributed by atoms with Crippen LogP contribution >= 0.6 is 0 Å². The van der Waals surface area contributed by atoms with Gasteiger partial charge in [0, 0.05) is 12.4 Å². The van der Waals surface area contributed by atoms with E-state index in [1.54, 1.807) is 31.5 Å². The molecule has 1 atom stereocenters. The van der Waals surface area contributed by atoms with Crippen molar-refractivity contribution in [2.24, 2.45) is 0 Å². The number of rotatable bonds is 6. The van der Waals surface area contributed by atoms with Gasteiger partial charge in [-0.2, -0.15) is 9.78 Å². The molecule has 0 saturated carbocycles. The molecule has 0 saturated heterocycles. The van der Waals surface area contributed by atoms with Crippen LogP contribution in [0.4, 0.5) is 0 Å². The summed E-state index contributed by atoms with van der Waals surface area (Å²) in [7, 11) is 0. The smallest absolute Gasteiger partial charge is 0.270 e. The lowest BCUT2D eigenvalue weighted by Crippen LogP contribution is -2.40. The predicted molar refractivity (Wildman–Crippen MR) is 92.4 cm³/mol. The van der Waals surface area contributed by atoms with E-state index in [0.717, 1.165) is 5.56 Å². The van der Waals surface area contributed by atoms with E-state index in [-0.39, 0.29) is 12.5 Å². The Morgan fingerprint density at radius 1 is 1.20 bits per heavy atom. The molecule has 3 aromatic rings. The lowest BCUT2D eigenvalue weighted by atomic mass is 10.1. The number of carbonyl (C=O) groups excluding carboxylic acids is 1. The van der Waals surface area contributed by atoms with Crippen LogP contribution in [0.15, 0.2) is 54.9 Å². The van der Waals surface area contributed by atoms with Crippen LogP contribution in [0.25, 0.3) is 5.95 Å². The molecule has 7 nitrogen and oxygen atoms in total. The van der Waals surface area contributed by atoms with E-state index in [1.807, 2.05) is 30.3 Å². The first-order valence-corrected chi connectivity index (χ1v) is 7.97. The van der Waals surface area contributed by atoms with Gasteiger partial charge in [0.05, 0.1) is 18.3 Å². The molecule has 2 aromatic heterocycles. The number of hydrogen-bond donors (Lipinski definition) is 2. The molecule has 3 rings (SSSR count). The largest absolute Gasteiger partial charge is 0.394 e. The Balaban J connectivity index is 1.79. The van der Waals surface area contributed by atoms with Crippen LogP contribution in [-0.2, 0) is 6.42 Å². The van der Waals surface area contributed by atoms with Crippen LogP contribution in [0.2, 0.25) is 0 Å². The molecule has 25 heavy (non-hydrogen) atoms. The highest BCUT2D eigenvalue weighted by molar-refractivity contribution is 5.93. The maximum absolute atomic E-state index is 12.7. The van der Waals surface area contributed by atoms with Gasteiger partial charge in [-0.05, 0) is 31.0 Å². The highest BCUT2D eigenvalue weighted by atomic mass is 16.3. The first-order chi connectivity index (χ1) is 12.2. The van der Waals surface area contributed by atoms with Crippen molar-refractivity contribution in [2.75, 3.05) is 6.61 Å². The summed E-state index contributed by atoms with van der Waals surface area (Å²) in [5.74, 6) is -0.00704. The number of benzene rings is 1. The SMILES string of the molecule is Cc1cc(C(=O)N[C@H](CO)Cc2ccccc2)n(-c2ncccn2)n1. The molecule has 0 spiro atoms. The molecule has 0 radical (unpaired) electrons. The molecular weight excluding hydrogens is 318 g/mol. The Labute approximate surface area is 145 Å². The molecule has 0 aliphatic carbocycles. The maximum atomic E-state index is 12.7. The average Bonchev–Trinajstić information content (AvgIpc) is 3.04. The van der Waals surface area contributed by atoms with E-state index in [1.165, 1.54) is 4.68 Å². The number of amides is 1. The molecule has 128 valence electrons. The molecule has 0 aliphatic heterocycles. The molecule has 1 amide bonds. The zero-order valence-corrected chi connectivity index (χ0v) is 13.8. The summed E-state index contributed by atoms with van der Waals surface area (Å²) in [6, 6.07) is 12.7. The standard InChI is InChI=1S/C18H19N5O2/c1-13-10-16(23(22-13)18-19-8-5-9-20-18)17(25)21-15(12-24)11-14-6-3-2-4-7-14/h2-10,15,24H,11-12H2,1H3,(H,21,25)/t15-/m0/s1. The van der Waals surface area contributed by atoms with E-state index >= 15 is 0 Å². The zero-order chi connectivity index (χ0) is 17.6. The van der Waals surface area contributed by atoms with Crippen molar-refractivity contribution < 1.29 is 9.90 Å². The van der Waals surface area contributed by atoms with Crippen LogP contribution in [0.5, 0.6) is 0 Å². The van der Waals surface area contributed by atoms with Gasteiger partial charge in [0.15, 0.2) is 0 Å².